The number of rotatable bonds is 11. The molecular weight excluding hydrogens is 524 g/mol. The summed E-state index contributed by atoms with van der Waals surface area (Å²) >= 11 is 1.47. The average Bonchev–Trinajstić information content (AvgIpc) is 2.82. The summed E-state index contributed by atoms with van der Waals surface area (Å²) in [7, 11) is 0. The lowest BCUT2D eigenvalue weighted by molar-refractivity contribution is -0.431. The molecule has 0 saturated heterocycles. The molecule has 2 rings (SSSR count). The van der Waals surface area contributed by atoms with Crippen LogP contribution < -0.4 is 11.1 Å². The minimum Gasteiger partial charge on any atom is -0.478 e. The van der Waals surface area contributed by atoms with Crippen molar-refractivity contribution in [3.63, 3.8) is 0 Å². The molecule has 2 unspecified atom stereocenters. The Bertz CT molecular complexity index is 1160. The van der Waals surface area contributed by atoms with Gasteiger partial charge in [-0.1, -0.05) is 12.1 Å². The van der Waals surface area contributed by atoms with Gasteiger partial charge in [-0.3, -0.25) is 20.2 Å². The van der Waals surface area contributed by atoms with Gasteiger partial charge >= 0.3 is 17.9 Å². The first kappa shape index (κ1) is 31.8. The molecular formula is C23H28N4O10S. The molecule has 1 aromatic carbocycles. The van der Waals surface area contributed by atoms with Crippen LogP contribution in [0, 0.1) is 20.2 Å². The molecule has 38 heavy (non-hydrogen) atoms. The number of ether oxygens (including phenoxy) is 1. The van der Waals surface area contributed by atoms with Crippen LogP contribution in [0.5, 0.6) is 0 Å². The summed E-state index contributed by atoms with van der Waals surface area (Å²) in [5, 5.41) is 41.7. The second-order valence-corrected chi connectivity index (χ2v) is 8.82. The van der Waals surface area contributed by atoms with Gasteiger partial charge in [-0.15, -0.1) is 0 Å². The van der Waals surface area contributed by atoms with Crippen LogP contribution in [0.2, 0.25) is 0 Å². The fourth-order valence-electron chi connectivity index (χ4n) is 3.32. The van der Waals surface area contributed by atoms with E-state index >= 15 is 0 Å². The molecule has 2 atom stereocenters. The smallest absolute Gasteiger partial charge is 0.337 e. The monoisotopic (exact) mass is 552 g/mol. The van der Waals surface area contributed by atoms with E-state index in [1.807, 2.05) is 6.92 Å². The number of carboxylic acid groups (broad SMARTS) is 2. The van der Waals surface area contributed by atoms with Crippen molar-refractivity contribution in [1.82, 2.24) is 5.32 Å². The number of aliphatic carboxylic acids is 2. The number of hydrogen-bond donors (Lipinski definition) is 4. The summed E-state index contributed by atoms with van der Waals surface area (Å²) in [6.07, 6.45) is 1.12. The van der Waals surface area contributed by atoms with Crippen molar-refractivity contribution in [1.29, 1.82) is 0 Å². The van der Waals surface area contributed by atoms with Crippen LogP contribution in [0.1, 0.15) is 32.3 Å². The number of carbonyl (C=O) groups excluding carboxylic acids is 1. The zero-order valence-electron chi connectivity index (χ0n) is 20.8. The predicted molar refractivity (Wildman–Crippen MR) is 138 cm³/mol. The molecule has 0 aromatic heterocycles. The van der Waals surface area contributed by atoms with Crippen molar-refractivity contribution in [2.75, 3.05) is 18.1 Å². The lowest BCUT2D eigenvalue weighted by Crippen LogP contribution is -2.33. The number of hydrogen-bond acceptors (Lipinski definition) is 11. The standard InChI is InChI=1S/C19H24N4O6S.C4H4O4/c1-4-29-19(24)17-15(10-30-9-11(2)20)21-12(3)18(23(27)28)16(17)13-6-5-7-14(8-13)22(25)26;5-3(6)1-2-4(7)8/h5-8,11,16,21H,4,9-10,20H2,1-3H3;1-2H,(H,5,6)(H,7,8). The van der Waals surface area contributed by atoms with Gasteiger partial charge in [0.25, 0.3) is 11.4 Å². The van der Waals surface area contributed by atoms with E-state index in [1.54, 1.807) is 13.8 Å². The molecule has 1 aliphatic rings. The maximum Gasteiger partial charge on any atom is 0.337 e. The van der Waals surface area contributed by atoms with E-state index in [4.69, 9.17) is 20.7 Å². The molecule has 1 heterocycles. The number of non-ortho nitro benzene ring substituents is 1. The van der Waals surface area contributed by atoms with Crippen molar-refractivity contribution >= 4 is 35.4 Å². The second kappa shape index (κ2) is 15.1. The highest BCUT2D eigenvalue weighted by molar-refractivity contribution is 7.99. The summed E-state index contributed by atoms with van der Waals surface area (Å²) in [6, 6.07) is 5.45. The zero-order chi connectivity index (χ0) is 29.0. The van der Waals surface area contributed by atoms with E-state index in [9.17, 15) is 34.6 Å². The number of carbonyl (C=O) groups is 3. The molecule has 0 bridgehead atoms. The minimum absolute atomic E-state index is 0.0659. The number of esters is 1. The Balaban J connectivity index is 0.000000781. The zero-order valence-corrected chi connectivity index (χ0v) is 21.6. The van der Waals surface area contributed by atoms with E-state index in [2.05, 4.69) is 5.32 Å². The Kier molecular flexibility index (Phi) is 12.6. The fraction of sp³-hybridized carbons (Fsp3) is 0.348. The first-order chi connectivity index (χ1) is 17.8. The fourth-order valence-corrected chi connectivity index (χ4v) is 4.24. The van der Waals surface area contributed by atoms with Crippen LogP contribution in [-0.4, -0.2) is 62.1 Å². The van der Waals surface area contributed by atoms with Crippen LogP contribution in [0.15, 0.2) is 59.1 Å². The molecule has 15 heteroatoms. The Morgan fingerprint density at radius 2 is 1.79 bits per heavy atom. The van der Waals surface area contributed by atoms with Gasteiger partial charge in [0.15, 0.2) is 0 Å². The maximum atomic E-state index is 12.8. The Hall–Kier alpha value is -4.24. The Labute approximate surface area is 221 Å². The van der Waals surface area contributed by atoms with Crippen LogP contribution in [0.4, 0.5) is 5.69 Å². The topological polar surface area (TPSA) is 225 Å². The average molecular weight is 553 g/mol. The van der Waals surface area contributed by atoms with E-state index in [0.29, 0.717) is 29.4 Å². The number of thioether (sulfide) groups is 1. The lowest BCUT2D eigenvalue weighted by Gasteiger charge is -2.28. The third-order valence-electron chi connectivity index (χ3n) is 4.71. The normalized spacial score (nSPS) is 15.7. The van der Waals surface area contributed by atoms with E-state index in [-0.39, 0.29) is 40.9 Å². The first-order valence-corrected chi connectivity index (χ1v) is 12.2. The molecule has 0 spiro atoms. The molecule has 1 aliphatic heterocycles. The number of nitrogens with two attached hydrogens (primary N) is 1. The number of nitro benzene ring substituents is 1. The van der Waals surface area contributed by atoms with Crippen LogP contribution in [0.3, 0.4) is 0 Å². The van der Waals surface area contributed by atoms with E-state index in [1.165, 1.54) is 36.0 Å². The minimum atomic E-state index is -1.26. The van der Waals surface area contributed by atoms with Crippen molar-refractivity contribution in [2.24, 2.45) is 5.73 Å². The highest BCUT2D eigenvalue weighted by Gasteiger charge is 2.42. The van der Waals surface area contributed by atoms with Crippen LogP contribution in [0.25, 0.3) is 0 Å². The van der Waals surface area contributed by atoms with Gasteiger partial charge < -0.3 is 26.0 Å². The van der Waals surface area contributed by atoms with Gasteiger partial charge in [0, 0.05) is 47.5 Å². The number of dihydropyridines is 1. The van der Waals surface area contributed by atoms with Gasteiger partial charge in [-0.05, 0) is 26.3 Å². The maximum absolute atomic E-state index is 12.8. The van der Waals surface area contributed by atoms with Crippen LogP contribution in [-0.2, 0) is 19.1 Å². The Morgan fingerprint density at radius 1 is 1.18 bits per heavy atom. The van der Waals surface area contributed by atoms with E-state index in [0.717, 1.165) is 0 Å². The van der Waals surface area contributed by atoms with Crippen LogP contribution >= 0.6 is 11.8 Å². The third kappa shape index (κ3) is 9.67. The number of nitro groups is 2. The van der Waals surface area contributed by atoms with Gasteiger partial charge in [-0.25, -0.2) is 14.4 Å². The number of allylic oxidation sites excluding steroid dienone is 2. The molecule has 1 aromatic rings. The van der Waals surface area contributed by atoms with Gasteiger partial charge in [0.05, 0.1) is 27.7 Å². The summed E-state index contributed by atoms with van der Waals surface area (Å²) in [6.45, 7) is 5.11. The molecule has 0 aliphatic carbocycles. The first-order valence-electron chi connectivity index (χ1n) is 11.0. The van der Waals surface area contributed by atoms with Gasteiger partial charge in [0.1, 0.15) is 5.92 Å². The van der Waals surface area contributed by atoms with Crippen molar-refractivity contribution in [3.8, 4) is 0 Å². The van der Waals surface area contributed by atoms with Crippen molar-refractivity contribution in [2.45, 2.75) is 32.7 Å². The number of nitrogens with one attached hydrogen (secondary N) is 1. The molecule has 0 amide bonds. The highest BCUT2D eigenvalue weighted by atomic mass is 32.2. The largest absolute Gasteiger partial charge is 0.478 e. The van der Waals surface area contributed by atoms with Crippen molar-refractivity contribution < 1.29 is 39.2 Å². The number of carboxylic acids is 2. The second-order valence-electron chi connectivity index (χ2n) is 7.79. The lowest BCUT2D eigenvalue weighted by atomic mass is 9.84. The third-order valence-corrected chi connectivity index (χ3v) is 5.97. The van der Waals surface area contributed by atoms with Crippen molar-refractivity contribution in [3.05, 3.63) is 84.9 Å². The van der Waals surface area contributed by atoms with E-state index < -0.39 is 33.7 Å². The molecule has 14 nitrogen and oxygen atoms in total. The quantitative estimate of drug-likeness (QED) is 0.134. The molecule has 206 valence electrons. The molecule has 0 fully saturated rings. The summed E-state index contributed by atoms with van der Waals surface area (Å²) in [5.74, 6) is -3.35. The Morgan fingerprint density at radius 3 is 2.26 bits per heavy atom. The number of benzene rings is 1. The summed E-state index contributed by atoms with van der Waals surface area (Å²) in [5.41, 5.74) is 6.41. The molecule has 5 N–H and O–H groups in total. The van der Waals surface area contributed by atoms with Gasteiger partial charge in [-0.2, -0.15) is 11.8 Å². The summed E-state index contributed by atoms with van der Waals surface area (Å²) < 4.78 is 5.18. The molecule has 0 saturated carbocycles. The SMILES string of the molecule is CCOC(=O)C1=C(CSCC(C)N)NC(C)=C([N+](=O)[O-])C1c1cccc([N+](=O)[O-])c1.O=C(O)C=CC(=O)O. The predicted octanol–water partition coefficient (Wildman–Crippen LogP) is 2.40. The number of nitrogens with zero attached hydrogens (tertiary/aromatic N) is 2. The van der Waals surface area contributed by atoms with Gasteiger partial charge in [0.2, 0.25) is 0 Å². The highest BCUT2D eigenvalue weighted by Crippen LogP contribution is 2.40. The molecule has 0 radical (unpaired) electrons. The summed E-state index contributed by atoms with van der Waals surface area (Å²) in [4.78, 5) is 53.9.